The van der Waals surface area contributed by atoms with Crippen molar-refractivity contribution in [1.29, 1.82) is 0 Å². The largest absolute Gasteiger partial charge is 0.357 e. The summed E-state index contributed by atoms with van der Waals surface area (Å²) in [7, 11) is 3.58. The van der Waals surface area contributed by atoms with Crippen LogP contribution in [0.4, 0.5) is 0 Å². The first-order chi connectivity index (χ1) is 11.9. The van der Waals surface area contributed by atoms with E-state index in [0.29, 0.717) is 23.3 Å². The Morgan fingerprint density at radius 2 is 1.96 bits per heavy atom. The number of nitrogens with zero attached hydrogens (tertiary/aromatic N) is 2. The van der Waals surface area contributed by atoms with E-state index in [4.69, 9.17) is 4.99 Å². The van der Waals surface area contributed by atoms with Crippen LogP contribution in [0.2, 0.25) is 0 Å². The molecule has 156 valence electrons. The maximum atomic E-state index is 12.1. The van der Waals surface area contributed by atoms with E-state index < -0.39 is 10.8 Å². The van der Waals surface area contributed by atoms with Gasteiger partial charge in [-0.2, -0.15) is 0 Å². The van der Waals surface area contributed by atoms with Crippen LogP contribution >= 0.6 is 24.0 Å². The summed E-state index contributed by atoms with van der Waals surface area (Å²) in [6.07, 6.45) is 5.54. The summed E-state index contributed by atoms with van der Waals surface area (Å²) in [6.45, 7) is 10.3. The van der Waals surface area contributed by atoms with Gasteiger partial charge in [-0.1, -0.05) is 27.2 Å². The zero-order valence-electron chi connectivity index (χ0n) is 17.6. The van der Waals surface area contributed by atoms with Gasteiger partial charge in [0, 0.05) is 40.4 Å². The number of rotatable bonds is 9. The molecule has 0 bridgehead atoms. The lowest BCUT2D eigenvalue weighted by atomic mass is 9.95. The first-order valence-electron chi connectivity index (χ1n) is 9.95. The minimum Gasteiger partial charge on any atom is -0.357 e. The van der Waals surface area contributed by atoms with Gasteiger partial charge in [0.1, 0.15) is 0 Å². The Morgan fingerprint density at radius 3 is 2.50 bits per heavy atom. The molecule has 4 atom stereocenters. The molecule has 0 spiro atoms. The van der Waals surface area contributed by atoms with Crippen molar-refractivity contribution in [3.63, 3.8) is 0 Å². The Hall–Kier alpha value is 0.110. The van der Waals surface area contributed by atoms with Crippen molar-refractivity contribution < 1.29 is 4.21 Å². The average Bonchev–Trinajstić information content (AvgIpc) is 2.57. The highest BCUT2D eigenvalue weighted by atomic mass is 127. The van der Waals surface area contributed by atoms with E-state index in [1.165, 1.54) is 0 Å². The first-order valence-corrected chi connectivity index (χ1v) is 11.3. The second kappa shape index (κ2) is 14.2. The molecule has 2 N–H and O–H groups in total. The van der Waals surface area contributed by atoms with Gasteiger partial charge < -0.3 is 15.5 Å². The van der Waals surface area contributed by atoms with Gasteiger partial charge in [0.2, 0.25) is 0 Å². The minimum atomic E-state index is -0.684. The molecule has 0 saturated heterocycles. The molecule has 4 unspecified atom stereocenters. The molecular weight excluding hydrogens is 459 g/mol. The smallest absolute Gasteiger partial charge is 0.191 e. The molecule has 1 saturated carbocycles. The fourth-order valence-electron chi connectivity index (χ4n) is 3.45. The number of hydrogen-bond acceptors (Lipinski definition) is 3. The third-order valence-corrected chi connectivity index (χ3v) is 6.64. The van der Waals surface area contributed by atoms with E-state index in [1.807, 2.05) is 6.92 Å². The molecule has 26 heavy (non-hydrogen) atoms. The number of aliphatic imine (C=N–C) groups is 1. The fourth-order valence-corrected chi connectivity index (χ4v) is 4.80. The molecule has 0 heterocycles. The van der Waals surface area contributed by atoms with Crippen LogP contribution in [-0.2, 0) is 10.8 Å². The highest BCUT2D eigenvalue weighted by Gasteiger charge is 2.26. The molecule has 1 aliphatic rings. The third-order valence-electron chi connectivity index (χ3n) is 4.90. The highest BCUT2D eigenvalue weighted by molar-refractivity contribution is 14.0. The molecule has 0 radical (unpaired) electrons. The number of guanidine groups is 1. The zero-order valence-corrected chi connectivity index (χ0v) is 20.7. The second-order valence-corrected chi connectivity index (χ2v) is 9.77. The molecule has 0 amide bonds. The van der Waals surface area contributed by atoms with Gasteiger partial charge in [-0.25, -0.2) is 0 Å². The van der Waals surface area contributed by atoms with Crippen LogP contribution in [0.25, 0.3) is 0 Å². The number of hydrogen-bond donors (Lipinski definition) is 2. The summed E-state index contributed by atoms with van der Waals surface area (Å²) >= 11 is 0. The molecular formula is C19H41IN4OS. The van der Waals surface area contributed by atoms with E-state index in [0.717, 1.165) is 56.9 Å². The van der Waals surface area contributed by atoms with Crippen LogP contribution < -0.4 is 10.6 Å². The normalized spacial score (nSPS) is 23.5. The van der Waals surface area contributed by atoms with Gasteiger partial charge in [0.15, 0.2) is 5.96 Å². The average molecular weight is 501 g/mol. The fraction of sp³-hybridized carbons (Fsp3) is 0.947. The van der Waals surface area contributed by atoms with Crippen molar-refractivity contribution in [3.05, 3.63) is 0 Å². The molecule has 0 aliphatic heterocycles. The molecule has 1 aliphatic carbocycles. The summed E-state index contributed by atoms with van der Waals surface area (Å²) in [6, 6.07) is 0.845. The monoisotopic (exact) mass is 500 g/mol. The van der Waals surface area contributed by atoms with Gasteiger partial charge in [0.05, 0.1) is 6.54 Å². The molecule has 1 rings (SSSR count). The second-order valence-electron chi connectivity index (χ2n) is 7.77. The summed E-state index contributed by atoms with van der Waals surface area (Å²) < 4.78 is 12.1. The van der Waals surface area contributed by atoms with Crippen molar-refractivity contribution in [2.75, 3.05) is 32.9 Å². The summed E-state index contributed by atoms with van der Waals surface area (Å²) in [5.74, 6) is 2.35. The van der Waals surface area contributed by atoms with E-state index in [2.05, 4.69) is 50.4 Å². The lowest BCUT2D eigenvalue weighted by molar-refractivity contribution is 0.261. The topological polar surface area (TPSA) is 56.7 Å². The van der Waals surface area contributed by atoms with Crippen molar-refractivity contribution in [3.8, 4) is 0 Å². The third kappa shape index (κ3) is 9.88. The van der Waals surface area contributed by atoms with Crippen molar-refractivity contribution in [1.82, 2.24) is 15.5 Å². The van der Waals surface area contributed by atoms with Gasteiger partial charge >= 0.3 is 0 Å². The van der Waals surface area contributed by atoms with Crippen LogP contribution in [0, 0.1) is 5.92 Å². The Balaban J connectivity index is 0.00000625. The van der Waals surface area contributed by atoms with Crippen LogP contribution in [0.5, 0.6) is 0 Å². The minimum absolute atomic E-state index is 0. The van der Waals surface area contributed by atoms with E-state index in [1.54, 1.807) is 0 Å². The predicted molar refractivity (Wildman–Crippen MR) is 126 cm³/mol. The number of nitrogens with one attached hydrogen (secondary N) is 2. The lowest BCUT2D eigenvalue weighted by Crippen LogP contribution is -2.47. The standard InChI is InChI=1S/C19H40N4OS.HI/c1-7-20-19(21-14-17(23(5)6)12-15(3)4)22-16-10-9-11-18(13-16)25(24)8-2;/h15-18H,7-14H2,1-6H3,(H2,20,21,22);1H. The predicted octanol–water partition coefficient (Wildman–Crippen LogP) is 3.22. The van der Waals surface area contributed by atoms with Gasteiger partial charge in [-0.05, 0) is 52.6 Å². The van der Waals surface area contributed by atoms with Gasteiger partial charge in [-0.3, -0.25) is 9.20 Å². The Kier molecular flexibility index (Phi) is 14.2. The molecule has 0 aromatic carbocycles. The molecule has 0 aromatic rings. The van der Waals surface area contributed by atoms with E-state index >= 15 is 0 Å². The first kappa shape index (κ1) is 26.1. The molecule has 0 aromatic heterocycles. The lowest BCUT2D eigenvalue weighted by Gasteiger charge is -2.30. The molecule has 5 nitrogen and oxygen atoms in total. The number of halogens is 1. The van der Waals surface area contributed by atoms with E-state index in [-0.39, 0.29) is 24.0 Å². The summed E-state index contributed by atoms with van der Waals surface area (Å²) in [5, 5.41) is 7.32. The van der Waals surface area contributed by atoms with Gasteiger partial charge in [-0.15, -0.1) is 24.0 Å². The Morgan fingerprint density at radius 1 is 1.27 bits per heavy atom. The quantitative estimate of drug-likeness (QED) is 0.290. The Bertz CT molecular complexity index is 432. The van der Waals surface area contributed by atoms with Crippen LogP contribution in [-0.4, -0.2) is 65.3 Å². The van der Waals surface area contributed by atoms with E-state index in [9.17, 15) is 4.21 Å². The highest BCUT2D eigenvalue weighted by Crippen LogP contribution is 2.23. The summed E-state index contributed by atoms with van der Waals surface area (Å²) in [5.41, 5.74) is 0. The van der Waals surface area contributed by atoms with Gasteiger partial charge in [0.25, 0.3) is 0 Å². The zero-order chi connectivity index (χ0) is 18.8. The molecule has 7 heteroatoms. The van der Waals surface area contributed by atoms with Crippen molar-refractivity contribution in [2.24, 2.45) is 10.9 Å². The van der Waals surface area contributed by atoms with Crippen LogP contribution in [0.3, 0.4) is 0 Å². The van der Waals surface area contributed by atoms with Crippen LogP contribution in [0.15, 0.2) is 4.99 Å². The van der Waals surface area contributed by atoms with Crippen LogP contribution in [0.1, 0.15) is 59.8 Å². The Labute approximate surface area is 181 Å². The maximum absolute atomic E-state index is 12.1. The molecule has 1 fully saturated rings. The summed E-state index contributed by atoms with van der Waals surface area (Å²) in [4.78, 5) is 7.12. The SMILES string of the molecule is CCNC(=NCC(CC(C)C)N(C)C)NC1CCCC(S(=O)CC)C1.I. The maximum Gasteiger partial charge on any atom is 0.191 e. The van der Waals surface area contributed by atoms with Crippen molar-refractivity contribution >= 4 is 40.7 Å². The number of likely N-dealkylation sites (N-methyl/N-ethyl adjacent to an activating group) is 1. The van der Waals surface area contributed by atoms with Crippen molar-refractivity contribution in [2.45, 2.75) is 77.1 Å².